The number of halogens is 4. The van der Waals surface area contributed by atoms with E-state index in [1.807, 2.05) is 0 Å². The molecule has 0 aromatic heterocycles. The van der Waals surface area contributed by atoms with Crippen LogP contribution in [0.15, 0.2) is 6.07 Å². The molecule has 1 aromatic carbocycles. The van der Waals surface area contributed by atoms with Gasteiger partial charge in [0.05, 0.1) is 11.7 Å². The Morgan fingerprint density at radius 3 is 2.07 bits per heavy atom. The van der Waals surface area contributed by atoms with Gasteiger partial charge in [-0.2, -0.15) is 0 Å². The van der Waals surface area contributed by atoms with Crippen LogP contribution in [0, 0.1) is 23.3 Å². The van der Waals surface area contributed by atoms with Gasteiger partial charge in [-0.1, -0.05) is 0 Å². The van der Waals surface area contributed by atoms with Gasteiger partial charge in [-0.3, -0.25) is 0 Å². The standard InChI is InChI=1S/C9H9F4NO/c1-14-3-6(15)7-8(12)4(10)2-5(11)9(7)13/h2,6,14-15H,3H2,1H3. The number of hydrogen-bond donors (Lipinski definition) is 2. The third kappa shape index (κ3) is 2.27. The van der Waals surface area contributed by atoms with Crippen LogP contribution in [0.3, 0.4) is 0 Å². The van der Waals surface area contributed by atoms with Crippen molar-refractivity contribution in [3.63, 3.8) is 0 Å². The van der Waals surface area contributed by atoms with Crippen molar-refractivity contribution in [1.82, 2.24) is 5.32 Å². The van der Waals surface area contributed by atoms with Gasteiger partial charge in [-0.15, -0.1) is 0 Å². The molecule has 0 fully saturated rings. The highest BCUT2D eigenvalue weighted by Gasteiger charge is 2.24. The molecule has 0 bridgehead atoms. The first kappa shape index (κ1) is 11.9. The summed E-state index contributed by atoms with van der Waals surface area (Å²) in [6.45, 7) is -0.212. The predicted molar refractivity (Wildman–Crippen MR) is 45.2 cm³/mol. The highest BCUT2D eigenvalue weighted by atomic mass is 19.2. The van der Waals surface area contributed by atoms with E-state index in [4.69, 9.17) is 0 Å². The minimum Gasteiger partial charge on any atom is -0.387 e. The number of benzene rings is 1. The molecule has 15 heavy (non-hydrogen) atoms. The largest absolute Gasteiger partial charge is 0.387 e. The maximum atomic E-state index is 13.0. The highest BCUT2D eigenvalue weighted by Crippen LogP contribution is 2.24. The van der Waals surface area contributed by atoms with Gasteiger partial charge < -0.3 is 10.4 Å². The molecule has 0 spiro atoms. The van der Waals surface area contributed by atoms with Crippen LogP contribution in [0.4, 0.5) is 17.6 Å². The smallest absolute Gasteiger partial charge is 0.167 e. The molecular formula is C9H9F4NO. The van der Waals surface area contributed by atoms with E-state index in [1.54, 1.807) is 0 Å². The van der Waals surface area contributed by atoms with Crippen LogP contribution in [-0.4, -0.2) is 18.7 Å². The molecule has 1 atom stereocenters. The topological polar surface area (TPSA) is 32.3 Å². The predicted octanol–water partition coefficient (Wildman–Crippen LogP) is 1.50. The van der Waals surface area contributed by atoms with E-state index in [9.17, 15) is 22.7 Å². The Labute approximate surface area is 83.5 Å². The molecule has 0 radical (unpaired) electrons. The number of likely N-dealkylation sites (N-methyl/N-ethyl adjacent to an activating group) is 1. The first-order valence-corrected chi connectivity index (χ1v) is 4.14. The quantitative estimate of drug-likeness (QED) is 0.601. The molecule has 0 saturated heterocycles. The van der Waals surface area contributed by atoms with Crippen molar-refractivity contribution in [2.75, 3.05) is 13.6 Å². The molecule has 84 valence electrons. The van der Waals surface area contributed by atoms with Crippen LogP contribution >= 0.6 is 0 Å². The highest BCUT2D eigenvalue weighted by molar-refractivity contribution is 5.24. The van der Waals surface area contributed by atoms with Crippen molar-refractivity contribution in [3.05, 3.63) is 34.9 Å². The number of nitrogens with one attached hydrogen (secondary N) is 1. The Morgan fingerprint density at radius 1 is 1.20 bits per heavy atom. The van der Waals surface area contributed by atoms with Crippen molar-refractivity contribution < 1.29 is 22.7 Å². The van der Waals surface area contributed by atoms with Crippen molar-refractivity contribution in [3.8, 4) is 0 Å². The maximum absolute atomic E-state index is 13.0. The number of hydrogen-bond acceptors (Lipinski definition) is 2. The molecule has 0 heterocycles. The number of aliphatic hydroxyl groups excluding tert-OH is 1. The number of rotatable bonds is 3. The van der Waals surface area contributed by atoms with Crippen molar-refractivity contribution in [1.29, 1.82) is 0 Å². The lowest BCUT2D eigenvalue weighted by atomic mass is 10.1. The van der Waals surface area contributed by atoms with Gasteiger partial charge >= 0.3 is 0 Å². The Balaban J connectivity index is 3.26. The van der Waals surface area contributed by atoms with Gasteiger partial charge in [-0.25, -0.2) is 17.6 Å². The Morgan fingerprint density at radius 2 is 1.67 bits per heavy atom. The Kier molecular flexibility index (Phi) is 3.65. The molecule has 2 N–H and O–H groups in total. The minimum absolute atomic E-state index is 0.0975. The molecule has 2 nitrogen and oxygen atoms in total. The molecular weight excluding hydrogens is 214 g/mol. The summed E-state index contributed by atoms with van der Waals surface area (Å²) in [4.78, 5) is 0. The average Bonchev–Trinajstić information content (AvgIpc) is 2.16. The zero-order valence-electron chi connectivity index (χ0n) is 7.82. The lowest BCUT2D eigenvalue weighted by Gasteiger charge is -2.13. The van der Waals surface area contributed by atoms with Crippen molar-refractivity contribution in [2.45, 2.75) is 6.10 Å². The summed E-state index contributed by atoms with van der Waals surface area (Å²) in [5.41, 5.74) is -0.998. The molecule has 1 rings (SSSR count). The normalized spacial score (nSPS) is 12.9. The molecule has 6 heteroatoms. The van der Waals surface area contributed by atoms with Gasteiger partial charge in [0, 0.05) is 12.6 Å². The van der Waals surface area contributed by atoms with E-state index in [1.165, 1.54) is 7.05 Å². The lowest BCUT2D eigenvalue weighted by Crippen LogP contribution is -2.20. The third-order valence-corrected chi connectivity index (χ3v) is 1.88. The molecule has 1 unspecified atom stereocenters. The van der Waals surface area contributed by atoms with E-state index in [0.29, 0.717) is 0 Å². The summed E-state index contributed by atoms with van der Waals surface area (Å²) in [6, 6.07) is 0.0975. The van der Waals surface area contributed by atoms with Crippen LogP contribution in [0.25, 0.3) is 0 Å². The van der Waals surface area contributed by atoms with E-state index in [0.717, 1.165) is 0 Å². The SMILES string of the molecule is CNCC(O)c1c(F)c(F)cc(F)c1F. The summed E-state index contributed by atoms with van der Waals surface area (Å²) in [7, 11) is 1.43. The van der Waals surface area contributed by atoms with Crippen molar-refractivity contribution >= 4 is 0 Å². The summed E-state index contributed by atoms with van der Waals surface area (Å²) < 4.78 is 51.5. The zero-order valence-corrected chi connectivity index (χ0v) is 7.82. The zero-order chi connectivity index (χ0) is 11.6. The summed E-state index contributed by atoms with van der Waals surface area (Å²) in [5.74, 6) is -6.20. The van der Waals surface area contributed by atoms with E-state index in [2.05, 4.69) is 5.32 Å². The van der Waals surface area contributed by atoms with E-state index < -0.39 is 34.9 Å². The van der Waals surface area contributed by atoms with Crippen molar-refractivity contribution in [2.24, 2.45) is 0 Å². The fraction of sp³-hybridized carbons (Fsp3) is 0.333. The van der Waals surface area contributed by atoms with Gasteiger partial charge in [0.2, 0.25) is 0 Å². The van der Waals surface area contributed by atoms with Crippen LogP contribution in [0.5, 0.6) is 0 Å². The van der Waals surface area contributed by atoms with Gasteiger partial charge in [0.25, 0.3) is 0 Å². The Hall–Kier alpha value is -1.14. The Bertz CT molecular complexity index is 343. The second-order valence-electron chi connectivity index (χ2n) is 2.96. The van der Waals surface area contributed by atoms with Crippen LogP contribution in [0.2, 0.25) is 0 Å². The van der Waals surface area contributed by atoms with Crippen LogP contribution < -0.4 is 5.32 Å². The van der Waals surface area contributed by atoms with E-state index >= 15 is 0 Å². The molecule has 0 aliphatic heterocycles. The van der Waals surface area contributed by atoms with Gasteiger partial charge in [0.1, 0.15) is 0 Å². The number of aliphatic hydroxyl groups is 1. The third-order valence-electron chi connectivity index (χ3n) is 1.88. The second kappa shape index (κ2) is 4.59. The average molecular weight is 223 g/mol. The van der Waals surface area contributed by atoms with Crippen LogP contribution in [-0.2, 0) is 0 Å². The molecule has 0 saturated carbocycles. The summed E-state index contributed by atoms with van der Waals surface area (Å²) >= 11 is 0. The lowest BCUT2D eigenvalue weighted by molar-refractivity contribution is 0.165. The van der Waals surface area contributed by atoms with E-state index in [-0.39, 0.29) is 12.6 Å². The molecule has 0 aliphatic carbocycles. The monoisotopic (exact) mass is 223 g/mol. The van der Waals surface area contributed by atoms with Gasteiger partial charge in [0.15, 0.2) is 23.3 Å². The maximum Gasteiger partial charge on any atom is 0.167 e. The summed E-state index contributed by atoms with van der Waals surface area (Å²) in [5, 5.41) is 11.7. The fourth-order valence-corrected chi connectivity index (χ4v) is 1.18. The first-order chi connectivity index (χ1) is 6.99. The second-order valence-corrected chi connectivity index (χ2v) is 2.96. The van der Waals surface area contributed by atoms with Gasteiger partial charge in [-0.05, 0) is 7.05 Å². The molecule has 0 aliphatic rings. The first-order valence-electron chi connectivity index (χ1n) is 4.14. The fourth-order valence-electron chi connectivity index (χ4n) is 1.18. The molecule has 0 amide bonds. The molecule has 1 aromatic rings. The minimum atomic E-state index is -1.64. The summed E-state index contributed by atoms with van der Waals surface area (Å²) in [6.07, 6.45) is -1.64. The van der Waals surface area contributed by atoms with Crippen LogP contribution in [0.1, 0.15) is 11.7 Å².